The average molecular weight is 368 g/mol. The number of nitrogens with zero attached hydrogens (tertiary/aromatic N) is 3. The standard InChI is InChI=1S/C15H18N3O4S2/c1-4-9-16-13(15(2,3)24-14(16)23)17(19)10-5-6-11-7-8-12(22-11)18(20)21/h4-8,10,13,19H,1,9H2,2-3H3/q+1. The zero-order valence-electron chi connectivity index (χ0n) is 13.3. The first-order valence-electron chi connectivity index (χ1n) is 7.10. The second-order valence-corrected chi connectivity index (χ2v) is 7.90. The second-order valence-electron chi connectivity index (χ2n) is 5.61. The second kappa shape index (κ2) is 7.18. The first-order chi connectivity index (χ1) is 11.3. The lowest BCUT2D eigenvalue weighted by atomic mass is 10.1. The van der Waals surface area contributed by atoms with E-state index in [0.717, 1.165) is 4.74 Å². The molecule has 2 heterocycles. The van der Waals surface area contributed by atoms with Crippen LogP contribution < -0.4 is 0 Å². The lowest BCUT2D eigenvalue weighted by Crippen LogP contribution is -2.48. The summed E-state index contributed by atoms with van der Waals surface area (Å²) in [5.74, 6) is -0.00351. The van der Waals surface area contributed by atoms with Crippen LogP contribution in [0.1, 0.15) is 19.6 Å². The number of rotatable bonds is 6. The van der Waals surface area contributed by atoms with Crippen molar-refractivity contribution in [2.24, 2.45) is 0 Å². The van der Waals surface area contributed by atoms with Crippen molar-refractivity contribution in [3.05, 3.63) is 46.7 Å². The van der Waals surface area contributed by atoms with Crippen LogP contribution in [0.5, 0.6) is 0 Å². The third-order valence-electron chi connectivity index (χ3n) is 3.37. The van der Waals surface area contributed by atoms with Crippen LogP contribution in [0, 0.1) is 10.1 Å². The van der Waals surface area contributed by atoms with Crippen LogP contribution in [-0.4, -0.2) is 47.8 Å². The molecule has 0 radical (unpaired) electrons. The van der Waals surface area contributed by atoms with Crippen LogP contribution in [0.3, 0.4) is 0 Å². The fourth-order valence-electron chi connectivity index (χ4n) is 2.42. The van der Waals surface area contributed by atoms with Crippen molar-refractivity contribution in [3.8, 4) is 0 Å². The molecule has 0 bridgehead atoms. The van der Waals surface area contributed by atoms with Crippen LogP contribution in [0.15, 0.2) is 35.3 Å². The molecule has 1 atom stereocenters. The van der Waals surface area contributed by atoms with Crippen molar-refractivity contribution in [2.45, 2.75) is 24.8 Å². The van der Waals surface area contributed by atoms with Gasteiger partial charge in [0.05, 0.1) is 6.07 Å². The van der Waals surface area contributed by atoms with E-state index in [2.05, 4.69) is 6.58 Å². The minimum absolute atomic E-state index is 0.317. The third kappa shape index (κ3) is 3.85. The number of hydroxylamine groups is 1. The fourth-order valence-corrected chi connectivity index (χ4v) is 4.32. The van der Waals surface area contributed by atoms with Crippen molar-refractivity contribution in [2.75, 3.05) is 6.54 Å². The fraction of sp³-hybridized carbons (Fsp3) is 0.333. The van der Waals surface area contributed by atoms with Crippen molar-refractivity contribution < 1.29 is 19.3 Å². The molecule has 1 unspecified atom stereocenters. The van der Waals surface area contributed by atoms with Crippen molar-refractivity contribution >= 4 is 46.5 Å². The number of hydrogen-bond donors (Lipinski definition) is 1. The molecule has 2 rings (SSSR count). The molecule has 0 aliphatic carbocycles. The molecule has 9 heteroatoms. The number of thioether (sulfide) groups is 1. The van der Waals surface area contributed by atoms with Gasteiger partial charge in [-0.25, -0.2) is 0 Å². The summed E-state index contributed by atoms with van der Waals surface area (Å²) in [7, 11) is 0. The summed E-state index contributed by atoms with van der Waals surface area (Å²) >= 11 is 6.87. The van der Waals surface area contributed by atoms with Gasteiger partial charge in [0, 0.05) is 12.6 Å². The van der Waals surface area contributed by atoms with Crippen LogP contribution in [0.4, 0.5) is 5.88 Å². The third-order valence-corrected chi connectivity index (χ3v) is 5.00. The monoisotopic (exact) mass is 368 g/mol. The Morgan fingerprint density at radius 2 is 2.29 bits per heavy atom. The van der Waals surface area contributed by atoms with Gasteiger partial charge in [-0.1, -0.05) is 30.1 Å². The minimum atomic E-state index is -0.605. The molecule has 1 saturated heterocycles. The van der Waals surface area contributed by atoms with Gasteiger partial charge in [0.1, 0.15) is 19.8 Å². The minimum Gasteiger partial charge on any atom is -0.401 e. The Kier molecular flexibility index (Phi) is 5.45. The molecule has 1 N–H and O–H groups in total. The van der Waals surface area contributed by atoms with Crippen molar-refractivity contribution in [3.63, 3.8) is 0 Å². The van der Waals surface area contributed by atoms with Crippen molar-refractivity contribution in [1.82, 2.24) is 4.90 Å². The molecule has 1 aliphatic rings. The van der Waals surface area contributed by atoms with E-state index in [1.54, 1.807) is 12.2 Å². The topological polar surface area (TPSA) is 82.8 Å². The van der Waals surface area contributed by atoms with Gasteiger partial charge in [-0.05, 0) is 30.7 Å². The smallest absolute Gasteiger partial charge is 0.401 e. The lowest BCUT2D eigenvalue weighted by Gasteiger charge is -2.24. The van der Waals surface area contributed by atoms with Crippen LogP contribution in [0.2, 0.25) is 0 Å². The Hall–Kier alpha value is -2.13. The Morgan fingerprint density at radius 3 is 2.88 bits per heavy atom. The van der Waals surface area contributed by atoms with E-state index in [9.17, 15) is 15.3 Å². The Morgan fingerprint density at radius 1 is 1.58 bits per heavy atom. The number of allylic oxidation sites excluding steroid dienone is 1. The predicted molar refractivity (Wildman–Crippen MR) is 97.5 cm³/mol. The summed E-state index contributed by atoms with van der Waals surface area (Å²) in [4.78, 5) is 11.9. The van der Waals surface area contributed by atoms with Gasteiger partial charge in [-0.3, -0.25) is 20.2 Å². The SMILES string of the molecule is C=CCN1C(=S)SC(C)(C)C1[N+](O)=CC=Cc1ccc([N+](=O)[O-])o1. The van der Waals surface area contributed by atoms with Gasteiger partial charge < -0.3 is 4.42 Å². The highest BCUT2D eigenvalue weighted by molar-refractivity contribution is 8.24. The Labute approximate surface area is 149 Å². The summed E-state index contributed by atoms with van der Waals surface area (Å²) in [6.45, 7) is 8.23. The maximum Gasteiger partial charge on any atom is 0.433 e. The molecule has 0 aromatic carbocycles. The average Bonchev–Trinajstić information content (AvgIpc) is 3.02. The summed E-state index contributed by atoms with van der Waals surface area (Å²) in [5, 5.41) is 21.0. The van der Waals surface area contributed by atoms with E-state index in [0.29, 0.717) is 16.6 Å². The van der Waals surface area contributed by atoms with Crippen molar-refractivity contribution in [1.29, 1.82) is 0 Å². The highest BCUT2D eigenvalue weighted by atomic mass is 32.2. The van der Waals surface area contributed by atoms with Gasteiger partial charge in [-0.15, -0.1) is 6.58 Å². The molecule has 128 valence electrons. The highest BCUT2D eigenvalue weighted by Gasteiger charge is 2.52. The van der Waals surface area contributed by atoms with Gasteiger partial charge in [0.15, 0.2) is 0 Å². The van der Waals surface area contributed by atoms with E-state index in [4.69, 9.17) is 16.6 Å². The summed E-state index contributed by atoms with van der Waals surface area (Å²) < 4.78 is 6.47. The highest BCUT2D eigenvalue weighted by Crippen LogP contribution is 2.41. The Balaban J connectivity index is 2.18. The summed E-state index contributed by atoms with van der Waals surface area (Å²) in [6, 6.07) is 2.76. The molecule has 1 aromatic heterocycles. The largest absolute Gasteiger partial charge is 0.433 e. The first-order valence-corrected chi connectivity index (χ1v) is 8.32. The maximum atomic E-state index is 10.6. The van der Waals surface area contributed by atoms with Crippen LogP contribution >= 0.6 is 24.0 Å². The van der Waals surface area contributed by atoms with Crippen LogP contribution in [0.25, 0.3) is 6.08 Å². The molecule has 1 aliphatic heterocycles. The zero-order chi connectivity index (χ0) is 17.9. The van der Waals surface area contributed by atoms with E-state index in [1.165, 1.54) is 36.2 Å². The van der Waals surface area contributed by atoms with E-state index < -0.39 is 4.92 Å². The molecule has 0 spiro atoms. The number of furan rings is 1. The lowest BCUT2D eigenvalue weighted by molar-refractivity contribution is -0.808. The van der Waals surface area contributed by atoms with Gasteiger partial charge in [-0.2, -0.15) is 0 Å². The van der Waals surface area contributed by atoms with Crippen LogP contribution in [-0.2, 0) is 0 Å². The van der Waals surface area contributed by atoms with E-state index in [-0.39, 0.29) is 16.8 Å². The quantitative estimate of drug-likeness (QED) is 0.157. The molecule has 24 heavy (non-hydrogen) atoms. The molecule has 1 fully saturated rings. The molecular weight excluding hydrogens is 350 g/mol. The van der Waals surface area contributed by atoms with E-state index >= 15 is 0 Å². The van der Waals surface area contributed by atoms with Gasteiger partial charge in [0.25, 0.3) is 6.17 Å². The molecule has 0 saturated carbocycles. The van der Waals surface area contributed by atoms with E-state index in [1.807, 2.05) is 18.7 Å². The zero-order valence-corrected chi connectivity index (χ0v) is 14.9. The Bertz CT molecular complexity index is 724. The summed E-state index contributed by atoms with van der Waals surface area (Å²) in [5.41, 5.74) is 0. The number of nitro groups is 1. The normalized spacial score (nSPS) is 20.8. The molecule has 1 aromatic rings. The predicted octanol–water partition coefficient (Wildman–Crippen LogP) is 3.30. The molecule has 0 amide bonds. The molecule has 7 nitrogen and oxygen atoms in total. The van der Waals surface area contributed by atoms with Gasteiger partial charge >= 0.3 is 5.88 Å². The number of hydrogen-bond acceptors (Lipinski definition) is 6. The van der Waals surface area contributed by atoms with Gasteiger partial charge in [0.2, 0.25) is 6.21 Å². The first kappa shape index (κ1) is 18.2. The molecular formula is C15H18N3O4S2+. The number of thiocarbonyl (C=S) groups is 1. The summed E-state index contributed by atoms with van der Waals surface area (Å²) in [6.07, 6.45) is 5.92. The maximum absolute atomic E-state index is 10.6.